The van der Waals surface area contributed by atoms with E-state index in [0.29, 0.717) is 13.2 Å². The first-order chi connectivity index (χ1) is 12.6. The second-order valence-corrected chi connectivity index (χ2v) is 7.82. The quantitative estimate of drug-likeness (QED) is 0.663. The number of benzene rings is 1. The number of amides is 2. The van der Waals surface area contributed by atoms with Crippen molar-refractivity contribution in [3.63, 3.8) is 0 Å². The Hall–Kier alpha value is -1.90. The number of ether oxygens (including phenoxy) is 1. The minimum Gasteiger partial charge on any atom is -0.464 e. The van der Waals surface area contributed by atoms with Crippen LogP contribution in [-0.4, -0.2) is 35.1 Å². The molecule has 2 bridgehead atoms. The average Bonchev–Trinajstić information content (AvgIpc) is 3.15. The van der Waals surface area contributed by atoms with Crippen molar-refractivity contribution in [1.82, 2.24) is 9.96 Å². The van der Waals surface area contributed by atoms with Crippen LogP contribution in [0.2, 0.25) is 0 Å². The number of carbonyl (C=O) groups is 2. The molecular weight excluding hydrogens is 420 g/mol. The number of hydroxylamine groups is 2. The molecule has 0 saturated carbocycles. The van der Waals surface area contributed by atoms with E-state index in [-0.39, 0.29) is 18.7 Å². The minimum atomic E-state index is -0.736. The molecule has 136 valence electrons. The zero-order chi connectivity index (χ0) is 18.3. The topological polar surface area (TPSA) is 59.1 Å². The molecule has 3 heterocycles. The molecule has 0 N–H and O–H groups in total. The van der Waals surface area contributed by atoms with Gasteiger partial charge in [0.2, 0.25) is 0 Å². The third-order valence-corrected chi connectivity index (χ3v) is 6.57. The average molecular weight is 437 g/mol. The van der Waals surface area contributed by atoms with Crippen LogP contribution in [0, 0.1) is 0 Å². The van der Waals surface area contributed by atoms with Crippen LogP contribution in [0.4, 0.5) is 4.79 Å². The van der Waals surface area contributed by atoms with Crippen LogP contribution in [0.3, 0.4) is 0 Å². The fourth-order valence-electron chi connectivity index (χ4n) is 3.37. The lowest BCUT2D eigenvalue weighted by Crippen LogP contribution is -2.39. The highest BCUT2D eigenvalue weighted by molar-refractivity contribution is 9.10. The van der Waals surface area contributed by atoms with Crippen molar-refractivity contribution in [3.05, 3.63) is 56.2 Å². The first-order valence-electron chi connectivity index (χ1n) is 8.32. The van der Waals surface area contributed by atoms with Crippen molar-refractivity contribution < 1.29 is 19.2 Å². The molecule has 0 unspecified atom stereocenters. The number of carbonyl (C=O) groups excluding carboxylic acids is 2. The molecule has 2 amide bonds. The van der Waals surface area contributed by atoms with E-state index < -0.39 is 12.0 Å². The van der Waals surface area contributed by atoms with E-state index in [2.05, 4.69) is 15.9 Å². The summed E-state index contributed by atoms with van der Waals surface area (Å²) in [5.74, 6) is -0.412. The van der Waals surface area contributed by atoms with Gasteiger partial charge in [0.05, 0.1) is 13.2 Å². The van der Waals surface area contributed by atoms with Crippen molar-refractivity contribution in [3.8, 4) is 0 Å². The third-order valence-electron chi connectivity index (χ3n) is 4.51. The molecular formula is C18H17BrN2O4S. The Kier molecular flexibility index (Phi) is 4.73. The van der Waals surface area contributed by atoms with Crippen LogP contribution in [0.5, 0.6) is 0 Å². The van der Waals surface area contributed by atoms with Crippen LogP contribution in [0.1, 0.15) is 35.0 Å². The van der Waals surface area contributed by atoms with Crippen LogP contribution in [0.25, 0.3) is 0 Å². The predicted molar refractivity (Wildman–Crippen MR) is 99.3 cm³/mol. The van der Waals surface area contributed by atoms with Crippen LogP contribution >= 0.6 is 27.3 Å². The molecule has 0 spiro atoms. The number of rotatable bonds is 5. The van der Waals surface area contributed by atoms with Gasteiger partial charge in [-0.15, -0.1) is 11.3 Å². The summed E-state index contributed by atoms with van der Waals surface area (Å²) in [7, 11) is 0. The van der Waals surface area contributed by atoms with Crippen molar-refractivity contribution in [2.75, 3.05) is 13.2 Å². The fourth-order valence-corrected chi connectivity index (χ4v) is 5.25. The molecule has 2 atom stereocenters. The Balaban J connectivity index is 1.64. The zero-order valence-electron chi connectivity index (χ0n) is 14.1. The second-order valence-electron chi connectivity index (χ2n) is 6.05. The van der Waals surface area contributed by atoms with Gasteiger partial charge in [0.15, 0.2) is 6.04 Å². The summed E-state index contributed by atoms with van der Waals surface area (Å²) in [5.41, 5.74) is 1.79. The molecule has 2 aromatic rings. The Morgan fingerprint density at radius 1 is 1.35 bits per heavy atom. The fraction of sp³-hybridized carbons (Fsp3) is 0.333. The molecule has 2 aliphatic rings. The van der Waals surface area contributed by atoms with Crippen LogP contribution < -0.4 is 0 Å². The smallest absolute Gasteiger partial charge is 0.345 e. The van der Waals surface area contributed by atoms with E-state index in [9.17, 15) is 9.59 Å². The molecule has 1 fully saturated rings. The Morgan fingerprint density at radius 2 is 2.12 bits per heavy atom. The highest BCUT2D eigenvalue weighted by Crippen LogP contribution is 2.49. The maximum absolute atomic E-state index is 12.9. The summed E-state index contributed by atoms with van der Waals surface area (Å²) in [5, 5.41) is 3.34. The normalized spacial score (nSPS) is 21.1. The van der Waals surface area contributed by atoms with E-state index in [1.807, 2.05) is 35.7 Å². The molecule has 0 aliphatic carbocycles. The van der Waals surface area contributed by atoms with Gasteiger partial charge >= 0.3 is 12.0 Å². The van der Waals surface area contributed by atoms with Gasteiger partial charge in [-0.05, 0) is 28.4 Å². The molecule has 4 rings (SSSR count). The summed E-state index contributed by atoms with van der Waals surface area (Å²) in [6.45, 7) is 2.74. The van der Waals surface area contributed by atoms with E-state index in [1.54, 1.807) is 6.92 Å². The first-order valence-corrected chi connectivity index (χ1v) is 9.99. The summed E-state index contributed by atoms with van der Waals surface area (Å²) >= 11 is 5.04. The minimum absolute atomic E-state index is 0.219. The summed E-state index contributed by atoms with van der Waals surface area (Å²) in [6.07, 6.45) is 0. The van der Waals surface area contributed by atoms with Crippen molar-refractivity contribution in [2.24, 2.45) is 0 Å². The number of fused-ring (bicyclic) bond motifs is 4. The maximum atomic E-state index is 12.9. The van der Waals surface area contributed by atoms with E-state index in [1.165, 1.54) is 21.3 Å². The lowest BCUT2D eigenvalue weighted by molar-refractivity contribution is -0.149. The molecule has 8 heteroatoms. The van der Waals surface area contributed by atoms with Gasteiger partial charge in [-0.25, -0.2) is 9.59 Å². The van der Waals surface area contributed by atoms with Crippen molar-refractivity contribution in [1.29, 1.82) is 0 Å². The number of hydrogen-bond donors (Lipinski definition) is 0. The molecule has 0 radical (unpaired) electrons. The molecule has 6 nitrogen and oxygen atoms in total. The first kappa shape index (κ1) is 17.5. The number of thiophene rings is 1. The Bertz CT molecular complexity index is 841. The van der Waals surface area contributed by atoms with Gasteiger partial charge in [0, 0.05) is 20.3 Å². The zero-order valence-corrected chi connectivity index (χ0v) is 16.5. The highest BCUT2D eigenvalue weighted by atomic mass is 79.9. The number of hydrogen-bond acceptors (Lipinski definition) is 5. The molecule has 26 heavy (non-hydrogen) atoms. The number of esters is 1. The standard InChI is InChI=1S/C18H17BrN2O4S/c1-2-24-17(22)15-14-12(19)10-26-16(14)13-8-20(15)18(23)21(13)25-9-11-6-4-3-5-7-11/h3-7,10,13,15H,2,8-9H2,1H3/t13-,15+/m1/s1. The molecule has 2 aliphatic heterocycles. The van der Waals surface area contributed by atoms with Crippen LogP contribution in [-0.2, 0) is 21.0 Å². The molecule has 1 aromatic heterocycles. The monoisotopic (exact) mass is 436 g/mol. The predicted octanol–water partition coefficient (Wildman–Crippen LogP) is 4.04. The summed E-state index contributed by atoms with van der Waals surface area (Å²) < 4.78 is 6.04. The van der Waals surface area contributed by atoms with Gasteiger partial charge in [0.25, 0.3) is 0 Å². The largest absolute Gasteiger partial charge is 0.464 e. The van der Waals surface area contributed by atoms with E-state index in [4.69, 9.17) is 9.57 Å². The second kappa shape index (κ2) is 7.02. The Morgan fingerprint density at radius 3 is 2.85 bits per heavy atom. The van der Waals surface area contributed by atoms with Crippen molar-refractivity contribution >= 4 is 39.3 Å². The van der Waals surface area contributed by atoms with Gasteiger partial charge in [-0.3, -0.25) is 4.84 Å². The lowest BCUT2D eigenvalue weighted by Gasteiger charge is -2.29. The lowest BCUT2D eigenvalue weighted by atomic mass is 9.99. The number of urea groups is 1. The third kappa shape index (κ3) is 2.82. The van der Waals surface area contributed by atoms with Crippen molar-refractivity contribution in [2.45, 2.75) is 25.6 Å². The van der Waals surface area contributed by atoms with Gasteiger partial charge in [-0.2, -0.15) is 5.06 Å². The molecule has 1 saturated heterocycles. The Labute approximate surface area is 163 Å². The maximum Gasteiger partial charge on any atom is 0.345 e. The van der Waals surface area contributed by atoms with Gasteiger partial charge < -0.3 is 9.64 Å². The summed E-state index contributed by atoms with van der Waals surface area (Å²) in [4.78, 5) is 33.8. The molecule has 1 aromatic carbocycles. The van der Waals surface area contributed by atoms with Gasteiger partial charge in [0.1, 0.15) is 12.6 Å². The van der Waals surface area contributed by atoms with Gasteiger partial charge in [-0.1, -0.05) is 30.3 Å². The summed E-state index contributed by atoms with van der Waals surface area (Å²) in [6, 6.07) is 8.42. The van der Waals surface area contributed by atoms with Crippen LogP contribution in [0.15, 0.2) is 40.2 Å². The van der Waals surface area contributed by atoms with E-state index >= 15 is 0 Å². The SMILES string of the molecule is CCOC(=O)[C@@H]1c2c(Br)csc2[C@H]2CN1C(=O)N2OCc1ccccc1. The number of nitrogens with zero attached hydrogens (tertiary/aromatic N) is 2. The number of halogens is 1. The van der Waals surface area contributed by atoms with E-state index in [0.717, 1.165) is 20.5 Å². The highest BCUT2D eigenvalue weighted by Gasteiger charge is 2.53.